The lowest BCUT2D eigenvalue weighted by Crippen LogP contribution is -2.16. The van der Waals surface area contributed by atoms with E-state index in [1.165, 1.54) is 12.7 Å². The van der Waals surface area contributed by atoms with Crippen molar-refractivity contribution in [2.24, 2.45) is 5.92 Å². The van der Waals surface area contributed by atoms with Crippen LogP contribution in [-0.4, -0.2) is 18.9 Å². The largest absolute Gasteiger partial charge is 0.469 e. The highest BCUT2D eigenvalue weighted by atomic mass is 16.5. The number of ketones is 1. The molecule has 3 heteroatoms. The molecule has 0 saturated heterocycles. The van der Waals surface area contributed by atoms with Crippen LogP contribution in [0.1, 0.15) is 44.2 Å². The van der Waals surface area contributed by atoms with E-state index in [0.29, 0.717) is 5.92 Å². The first-order chi connectivity index (χ1) is 8.95. The number of hydrogen-bond donors (Lipinski definition) is 0. The summed E-state index contributed by atoms with van der Waals surface area (Å²) in [5, 5.41) is 0. The van der Waals surface area contributed by atoms with E-state index < -0.39 is 5.97 Å². The minimum atomic E-state index is -0.474. The van der Waals surface area contributed by atoms with Crippen molar-refractivity contribution in [1.82, 2.24) is 0 Å². The number of benzene rings is 1. The van der Waals surface area contributed by atoms with E-state index in [9.17, 15) is 9.59 Å². The normalized spacial score (nSPS) is 12.3. The van der Waals surface area contributed by atoms with Gasteiger partial charge >= 0.3 is 5.97 Å². The van der Waals surface area contributed by atoms with Crippen LogP contribution in [0.15, 0.2) is 24.3 Å². The third-order valence-corrected chi connectivity index (χ3v) is 3.18. The lowest BCUT2D eigenvalue weighted by atomic mass is 9.88. The summed E-state index contributed by atoms with van der Waals surface area (Å²) in [6, 6.07) is 7.94. The molecule has 0 N–H and O–H groups in total. The smallest absolute Gasteiger partial charge is 0.313 e. The van der Waals surface area contributed by atoms with Crippen LogP contribution in [0.4, 0.5) is 0 Å². The van der Waals surface area contributed by atoms with Gasteiger partial charge in [0.25, 0.3) is 0 Å². The first-order valence-corrected chi connectivity index (χ1v) is 6.63. The molecule has 0 spiro atoms. The molecule has 0 unspecified atom stereocenters. The average molecular weight is 262 g/mol. The van der Waals surface area contributed by atoms with Gasteiger partial charge in [-0.2, -0.15) is 0 Å². The number of methoxy groups -OCH3 is 1. The Morgan fingerprint density at radius 3 is 2.37 bits per heavy atom. The maximum Gasteiger partial charge on any atom is 0.313 e. The third-order valence-electron chi connectivity index (χ3n) is 3.18. The molecular weight excluding hydrogens is 240 g/mol. The Hall–Kier alpha value is -1.64. The number of ether oxygens (including phenoxy) is 1. The van der Waals surface area contributed by atoms with Gasteiger partial charge in [0.2, 0.25) is 0 Å². The summed E-state index contributed by atoms with van der Waals surface area (Å²) in [4.78, 5) is 23.2. The predicted molar refractivity (Wildman–Crippen MR) is 75.0 cm³/mol. The second kappa shape index (κ2) is 7.07. The summed E-state index contributed by atoms with van der Waals surface area (Å²) >= 11 is 0. The second-order valence-corrected chi connectivity index (χ2v) is 5.24. The minimum Gasteiger partial charge on any atom is -0.469 e. The molecule has 104 valence electrons. The fourth-order valence-corrected chi connectivity index (χ4v) is 2.12. The molecule has 0 amide bonds. The number of esters is 1. The highest BCUT2D eigenvalue weighted by Gasteiger charge is 2.21. The average Bonchev–Trinajstić information content (AvgIpc) is 2.37. The van der Waals surface area contributed by atoms with Gasteiger partial charge in [-0.25, -0.2) is 0 Å². The molecule has 0 aliphatic rings. The van der Waals surface area contributed by atoms with E-state index in [-0.39, 0.29) is 18.1 Å². The van der Waals surface area contributed by atoms with E-state index in [4.69, 9.17) is 0 Å². The highest BCUT2D eigenvalue weighted by molar-refractivity contribution is 5.99. The van der Waals surface area contributed by atoms with Gasteiger partial charge in [-0.3, -0.25) is 9.59 Å². The van der Waals surface area contributed by atoms with Gasteiger partial charge in [-0.15, -0.1) is 0 Å². The quantitative estimate of drug-likeness (QED) is 0.584. The standard InChI is InChI=1S/C16H22O3/c1-11(2)9-13-7-5-6-8-14(13)12(3)15(17)10-16(18)19-4/h5-8,11-12H,9-10H2,1-4H3/t12-/m0/s1. The second-order valence-electron chi connectivity index (χ2n) is 5.24. The number of Topliss-reactive ketones (excluding diaryl/α,β-unsaturated/α-hetero) is 1. The maximum absolute atomic E-state index is 12.0. The highest BCUT2D eigenvalue weighted by Crippen LogP contribution is 2.24. The summed E-state index contributed by atoms with van der Waals surface area (Å²) in [6.45, 7) is 6.15. The maximum atomic E-state index is 12.0. The van der Waals surface area contributed by atoms with Crippen LogP contribution >= 0.6 is 0 Å². The summed E-state index contributed by atoms with van der Waals surface area (Å²) in [5.41, 5.74) is 2.20. The number of rotatable bonds is 6. The zero-order chi connectivity index (χ0) is 14.4. The summed E-state index contributed by atoms with van der Waals surface area (Å²) < 4.78 is 4.54. The monoisotopic (exact) mass is 262 g/mol. The topological polar surface area (TPSA) is 43.4 Å². The number of carbonyl (C=O) groups is 2. The van der Waals surface area contributed by atoms with Crippen LogP contribution < -0.4 is 0 Å². The predicted octanol–water partition coefficient (Wildman–Crippen LogP) is 3.12. The van der Waals surface area contributed by atoms with Gasteiger partial charge in [-0.05, 0) is 23.5 Å². The van der Waals surface area contributed by atoms with Gasteiger partial charge in [-0.1, -0.05) is 45.0 Å². The van der Waals surface area contributed by atoms with Crippen molar-refractivity contribution in [2.75, 3.05) is 7.11 Å². The van der Waals surface area contributed by atoms with Crippen molar-refractivity contribution in [3.8, 4) is 0 Å². The fourth-order valence-electron chi connectivity index (χ4n) is 2.12. The van der Waals surface area contributed by atoms with E-state index in [0.717, 1.165) is 12.0 Å². The van der Waals surface area contributed by atoms with Crippen LogP contribution in [0, 0.1) is 5.92 Å². The molecule has 0 aliphatic carbocycles. The van der Waals surface area contributed by atoms with Crippen molar-refractivity contribution < 1.29 is 14.3 Å². The minimum absolute atomic E-state index is 0.0944. The Bertz CT molecular complexity index is 449. The Morgan fingerprint density at radius 1 is 1.16 bits per heavy atom. The molecule has 19 heavy (non-hydrogen) atoms. The molecule has 0 aliphatic heterocycles. The molecule has 3 nitrogen and oxygen atoms in total. The lowest BCUT2D eigenvalue weighted by Gasteiger charge is -2.16. The Labute approximate surface area is 115 Å². The van der Waals surface area contributed by atoms with Gasteiger partial charge in [0.1, 0.15) is 6.42 Å². The summed E-state index contributed by atoms with van der Waals surface area (Å²) in [5.74, 6) is -0.306. The summed E-state index contributed by atoms with van der Waals surface area (Å²) in [6.07, 6.45) is 0.777. The SMILES string of the molecule is COC(=O)CC(=O)[C@@H](C)c1ccccc1CC(C)C. The molecule has 1 aromatic rings. The molecule has 0 bridgehead atoms. The first kappa shape index (κ1) is 15.4. The molecule has 1 rings (SSSR count). The Balaban J connectivity index is 2.89. The van der Waals surface area contributed by atoms with Crippen molar-refractivity contribution >= 4 is 11.8 Å². The van der Waals surface area contributed by atoms with Crippen LogP contribution in [0.3, 0.4) is 0 Å². The van der Waals surface area contributed by atoms with Crippen LogP contribution in [0.2, 0.25) is 0 Å². The molecule has 0 heterocycles. The van der Waals surface area contributed by atoms with E-state index in [2.05, 4.69) is 24.7 Å². The van der Waals surface area contributed by atoms with Gasteiger partial charge in [0, 0.05) is 5.92 Å². The molecule has 0 radical (unpaired) electrons. The van der Waals surface area contributed by atoms with Crippen LogP contribution in [0.25, 0.3) is 0 Å². The van der Waals surface area contributed by atoms with E-state index in [1.807, 2.05) is 25.1 Å². The van der Waals surface area contributed by atoms with Crippen molar-refractivity contribution in [3.05, 3.63) is 35.4 Å². The van der Waals surface area contributed by atoms with Crippen LogP contribution in [0.5, 0.6) is 0 Å². The van der Waals surface area contributed by atoms with Crippen molar-refractivity contribution in [3.63, 3.8) is 0 Å². The lowest BCUT2D eigenvalue weighted by molar-refractivity contribution is -0.143. The zero-order valence-corrected chi connectivity index (χ0v) is 12.1. The Morgan fingerprint density at radius 2 is 1.79 bits per heavy atom. The molecule has 1 aromatic carbocycles. The molecular formula is C16H22O3. The van der Waals surface area contributed by atoms with Crippen molar-refractivity contribution in [1.29, 1.82) is 0 Å². The van der Waals surface area contributed by atoms with Gasteiger partial charge < -0.3 is 4.74 Å². The molecule has 0 saturated carbocycles. The van der Waals surface area contributed by atoms with Gasteiger partial charge in [0.15, 0.2) is 5.78 Å². The molecule has 0 aromatic heterocycles. The fraction of sp³-hybridized carbons (Fsp3) is 0.500. The van der Waals surface area contributed by atoms with Crippen molar-refractivity contribution in [2.45, 2.75) is 39.5 Å². The van der Waals surface area contributed by atoms with E-state index >= 15 is 0 Å². The molecule has 0 fully saturated rings. The first-order valence-electron chi connectivity index (χ1n) is 6.63. The zero-order valence-electron chi connectivity index (χ0n) is 12.1. The third kappa shape index (κ3) is 4.51. The van der Waals surface area contributed by atoms with Gasteiger partial charge in [0.05, 0.1) is 7.11 Å². The molecule has 1 atom stereocenters. The number of hydrogen-bond acceptors (Lipinski definition) is 3. The number of carbonyl (C=O) groups excluding carboxylic acids is 2. The van der Waals surface area contributed by atoms with Crippen LogP contribution in [-0.2, 0) is 20.7 Å². The van der Waals surface area contributed by atoms with E-state index in [1.54, 1.807) is 0 Å². The summed E-state index contributed by atoms with van der Waals surface area (Å²) in [7, 11) is 1.30. The Kier molecular flexibility index (Phi) is 5.74.